The third-order valence-electron chi connectivity index (χ3n) is 2.08. The van der Waals surface area contributed by atoms with E-state index < -0.39 is 0 Å². The van der Waals surface area contributed by atoms with Crippen LogP contribution in [0.1, 0.15) is 22.1 Å². The van der Waals surface area contributed by atoms with Crippen molar-refractivity contribution >= 4 is 6.29 Å². The second-order valence-corrected chi connectivity index (χ2v) is 3.19. The smallest absolute Gasteiger partial charge is 0.290 e. The summed E-state index contributed by atoms with van der Waals surface area (Å²) in [5, 5.41) is 3.68. The Labute approximate surface area is 92.0 Å². The number of rotatable bonds is 4. The van der Waals surface area contributed by atoms with Crippen LogP contribution >= 0.6 is 0 Å². The lowest BCUT2D eigenvalue weighted by Crippen LogP contribution is -1.92. The van der Waals surface area contributed by atoms with Gasteiger partial charge in [-0.15, -0.1) is 0 Å². The van der Waals surface area contributed by atoms with Crippen molar-refractivity contribution in [2.24, 2.45) is 0 Å². The fourth-order valence-electron chi connectivity index (χ4n) is 1.35. The fourth-order valence-corrected chi connectivity index (χ4v) is 1.35. The SMILES string of the molecule is COc1cccc(Cc2noc(C=O)n2)c1. The summed E-state index contributed by atoms with van der Waals surface area (Å²) in [6, 6.07) is 7.56. The van der Waals surface area contributed by atoms with Gasteiger partial charge in [0.25, 0.3) is 5.89 Å². The Bertz CT molecular complexity index is 493. The highest BCUT2D eigenvalue weighted by molar-refractivity contribution is 5.66. The molecule has 16 heavy (non-hydrogen) atoms. The van der Waals surface area contributed by atoms with Crippen molar-refractivity contribution in [3.63, 3.8) is 0 Å². The molecule has 0 unspecified atom stereocenters. The first kappa shape index (κ1) is 10.4. The molecule has 2 aromatic rings. The molecule has 1 aromatic heterocycles. The maximum atomic E-state index is 10.4. The van der Waals surface area contributed by atoms with E-state index in [1.165, 1.54) is 0 Å². The first-order valence-electron chi connectivity index (χ1n) is 4.72. The normalized spacial score (nSPS) is 10.1. The summed E-state index contributed by atoms with van der Waals surface area (Å²) >= 11 is 0. The van der Waals surface area contributed by atoms with Crippen molar-refractivity contribution in [2.75, 3.05) is 7.11 Å². The molecule has 0 bridgehead atoms. The summed E-state index contributed by atoms with van der Waals surface area (Å²) in [6.07, 6.45) is 1.04. The number of hydrogen-bond donors (Lipinski definition) is 0. The molecule has 0 fully saturated rings. The van der Waals surface area contributed by atoms with Crippen LogP contribution in [0.5, 0.6) is 5.75 Å². The van der Waals surface area contributed by atoms with E-state index in [-0.39, 0.29) is 5.89 Å². The van der Waals surface area contributed by atoms with Gasteiger partial charge in [-0.3, -0.25) is 4.79 Å². The van der Waals surface area contributed by atoms with Crippen LogP contribution in [0.25, 0.3) is 0 Å². The van der Waals surface area contributed by atoms with Gasteiger partial charge in [0, 0.05) is 6.42 Å². The maximum absolute atomic E-state index is 10.4. The van der Waals surface area contributed by atoms with Crippen molar-refractivity contribution in [1.29, 1.82) is 0 Å². The first-order valence-corrected chi connectivity index (χ1v) is 4.72. The molecule has 5 heteroatoms. The molecule has 0 aliphatic heterocycles. The molecule has 82 valence electrons. The van der Waals surface area contributed by atoms with Crippen molar-refractivity contribution in [3.8, 4) is 5.75 Å². The number of ether oxygens (including phenoxy) is 1. The van der Waals surface area contributed by atoms with Crippen molar-refractivity contribution in [2.45, 2.75) is 6.42 Å². The minimum absolute atomic E-state index is 0.00195. The van der Waals surface area contributed by atoms with Crippen LogP contribution in [0.2, 0.25) is 0 Å². The van der Waals surface area contributed by atoms with Gasteiger partial charge in [-0.05, 0) is 17.7 Å². The van der Waals surface area contributed by atoms with Crippen molar-refractivity contribution in [3.05, 3.63) is 41.5 Å². The number of aromatic nitrogens is 2. The van der Waals surface area contributed by atoms with Crippen LogP contribution in [0.4, 0.5) is 0 Å². The van der Waals surface area contributed by atoms with E-state index in [0.717, 1.165) is 11.3 Å². The van der Waals surface area contributed by atoms with Crippen LogP contribution in [0, 0.1) is 0 Å². The highest BCUT2D eigenvalue weighted by Gasteiger charge is 2.06. The molecule has 0 saturated carbocycles. The Kier molecular flexibility index (Phi) is 2.95. The number of carbonyl (C=O) groups is 1. The Morgan fingerprint density at radius 2 is 2.38 bits per heavy atom. The molecule has 0 atom stereocenters. The van der Waals surface area contributed by atoms with E-state index in [1.807, 2.05) is 24.3 Å². The molecule has 0 N–H and O–H groups in total. The predicted molar refractivity (Wildman–Crippen MR) is 55.5 cm³/mol. The maximum Gasteiger partial charge on any atom is 0.290 e. The molecule has 1 aromatic carbocycles. The summed E-state index contributed by atoms with van der Waals surface area (Å²) < 4.78 is 9.78. The van der Waals surface area contributed by atoms with E-state index in [9.17, 15) is 4.79 Å². The fraction of sp³-hybridized carbons (Fsp3) is 0.182. The van der Waals surface area contributed by atoms with Gasteiger partial charge < -0.3 is 9.26 Å². The third-order valence-corrected chi connectivity index (χ3v) is 2.08. The van der Waals surface area contributed by atoms with E-state index in [4.69, 9.17) is 4.74 Å². The molecule has 0 aliphatic rings. The van der Waals surface area contributed by atoms with Crippen molar-refractivity contribution in [1.82, 2.24) is 10.1 Å². The minimum atomic E-state index is -0.00195. The van der Waals surface area contributed by atoms with E-state index in [2.05, 4.69) is 14.7 Å². The Morgan fingerprint density at radius 3 is 3.06 bits per heavy atom. The van der Waals surface area contributed by atoms with Gasteiger partial charge in [0.2, 0.25) is 6.29 Å². The zero-order chi connectivity index (χ0) is 11.4. The zero-order valence-electron chi connectivity index (χ0n) is 8.71. The summed E-state index contributed by atoms with van der Waals surface area (Å²) in [4.78, 5) is 14.2. The van der Waals surface area contributed by atoms with Crippen molar-refractivity contribution < 1.29 is 14.1 Å². The van der Waals surface area contributed by atoms with E-state index in [0.29, 0.717) is 18.5 Å². The highest BCUT2D eigenvalue weighted by atomic mass is 16.5. The van der Waals surface area contributed by atoms with Crippen LogP contribution < -0.4 is 4.74 Å². The van der Waals surface area contributed by atoms with Gasteiger partial charge in [-0.2, -0.15) is 4.98 Å². The Balaban J connectivity index is 2.16. The zero-order valence-corrected chi connectivity index (χ0v) is 8.71. The summed E-state index contributed by atoms with van der Waals surface area (Å²) in [5.41, 5.74) is 0.998. The molecule has 0 saturated heterocycles. The number of nitrogens with zero attached hydrogens (tertiary/aromatic N) is 2. The lowest BCUT2D eigenvalue weighted by Gasteiger charge is -2.01. The van der Waals surface area contributed by atoms with Gasteiger partial charge in [0.1, 0.15) is 5.75 Å². The molecular formula is C11H10N2O3. The quantitative estimate of drug-likeness (QED) is 0.727. The molecule has 1 heterocycles. The van der Waals surface area contributed by atoms with Crippen LogP contribution in [0.3, 0.4) is 0 Å². The average Bonchev–Trinajstić information content (AvgIpc) is 2.77. The van der Waals surface area contributed by atoms with Gasteiger partial charge in [-0.1, -0.05) is 17.3 Å². The lowest BCUT2D eigenvalue weighted by atomic mass is 10.1. The highest BCUT2D eigenvalue weighted by Crippen LogP contribution is 2.14. The van der Waals surface area contributed by atoms with Crippen LogP contribution in [-0.2, 0) is 6.42 Å². The third kappa shape index (κ3) is 2.25. The Morgan fingerprint density at radius 1 is 1.50 bits per heavy atom. The average molecular weight is 218 g/mol. The van der Waals surface area contributed by atoms with Gasteiger partial charge in [0.05, 0.1) is 7.11 Å². The minimum Gasteiger partial charge on any atom is -0.497 e. The largest absolute Gasteiger partial charge is 0.497 e. The first-order chi connectivity index (χ1) is 7.81. The molecule has 0 amide bonds. The molecule has 0 aliphatic carbocycles. The summed E-state index contributed by atoms with van der Waals surface area (Å²) in [6.45, 7) is 0. The van der Waals surface area contributed by atoms with Gasteiger partial charge in [-0.25, -0.2) is 0 Å². The van der Waals surface area contributed by atoms with Gasteiger partial charge in [0.15, 0.2) is 5.82 Å². The summed E-state index contributed by atoms with van der Waals surface area (Å²) in [7, 11) is 1.61. The summed E-state index contributed by atoms with van der Waals surface area (Å²) in [5.74, 6) is 1.25. The number of hydrogen-bond acceptors (Lipinski definition) is 5. The predicted octanol–water partition coefficient (Wildman–Crippen LogP) is 1.48. The number of carbonyl (C=O) groups excluding carboxylic acids is 1. The molecule has 0 spiro atoms. The van der Waals surface area contributed by atoms with E-state index >= 15 is 0 Å². The second kappa shape index (κ2) is 4.57. The number of aldehydes is 1. The standard InChI is InChI=1S/C11H10N2O3/c1-15-9-4-2-3-8(5-9)6-10-12-11(7-14)16-13-10/h2-5,7H,6H2,1H3. The lowest BCUT2D eigenvalue weighted by molar-refractivity contribution is 0.108. The monoisotopic (exact) mass is 218 g/mol. The second-order valence-electron chi connectivity index (χ2n) is 3.19. The van der Waals surface area contributed by atoms with E-state index in [1.54, 1.807) is 7.11 Å². The topological polar surface area (TPSA) is 65.2 Å². The molecule has 0 radical (unpaired) electrons. The number of methoxy groups -OCH3 is 1. The number of benzene rings is 1. The van der Waals surface area contributed by atoms with Crippen LogP contribution in [-0.4, -0.2) is 23.5 Å². The Hall–Kier alpha value is -2.17. The van der Waals surface area contributed by atoms with Crippen LogP contribution in [0.15, 0.2) is 28.8 Å². The van der Waals surface area contributed by atoms with Gasteiger partial charge >= 0.3 is 0 Å². The molecule has 5 nitrogen and oxygen atoms in total. The molecular weight excluding hydrogens is 208 g/mol. The molecule has 2 rings (SSSR count).